The van der Waals surface area contributed by atoms with Crippen molar-refractivity contribution in [1.82, 2.24) is 0 Å². The van der Waals surface area contributed by atoms with Crippen molar-refractivity contribution >= 4 is 12.3 Å². The van der Waals surface area contributed by atoms with Crippen molar-refractivity contribution in [3.8, 4) is 0 Å². The zero-order chi connectivity index (χ0) is 21.9. The number of carboxylic acid groups (broad SMARTS) is 1. The third-order valence-electron chi connectivity index (χ3n) is 4.52. The van der Waals surface area contributed by atoms with Crippen LogP contribution in [0.2, 0.25) is 0 Å². The molecule has 14 nitrogen and oxygen atoms in total. The van der Waals surface area contributed by atoms with Gasteiger partial charge >= 0.3 is 5.97 Å². The number of aliphatic hydroxyl groups is 7. The molecule has 0 amide bonds. The van der Waals surface area contributed by atoms with E-state index in [9.17, 15) is 45.3 Å². The van der Waals surface area contributed by atoms with Crippen molar-refractivity contribution in [2.24, 2.45) is 0 Å². The maximum absolute atomic E-state index is 11.5. The number of carbonyl (C=O) groups is 2. The lowest BCUT2D eigenvalue weighted by atomic mass is 9.97. The lowest BCUT2D eigenvalue weighted by molar-refractivity contribution is -0.354. The highest BCUT2D eigenvalue weighted by molar-refractivity contribution is 5.73. The van der Waals surface area contributed by atoms with E-state index < -0.39 is 86.7 Å². The van der Waals surface area contributed by atoms with Gasteiger partial charge < -0.3 is 64.6 Å². The van der Waals surface area contributed by atoms with E-state index in [0.717, 1.165) is 0 Å². The number of aliphatic carboxylic acids is 1. The van der Waals surface area contributed by atoms with Crippen molar-refractivity contribution < 1.29 is 69.4 Å². The van der Waals surface area contributed by atoms with Gasteiger partial charge in [0.1, 0.15) is 48.8 Å². The smallest absolute Gasteiger partial charge is 0.335 e. The summed E-state index contributed by atoms with van der Waals surface area (Å²) in [5, 5.41) is 77.6. The molecule has 2 rings (SSSR count). The molecule has 0 unspecified atom stereocenters. The predicted molar refractivity (Wildman–Crippen MR) is 85.0 cm³/mol. The van der Waals surface area contributed by atoms with Gasteiger partial charge in [-0.1, -0.05) is 0 Å². The number of ether oxygens (including phenoxy) is 4. The maximum atomic E-state index is 11.5. The van der Waals surface area contributed by atoms with Crippen LogP contribution < -0.4 is 0 Å². The number of rotatable bonds is 8. The third kappa shape index (κ3) is 5.25. The molecule has 11 atom stereocenters. The maximum Gasteiger partial charge on any atom is 0.335 e. The van der Waals surface area contributed by atoms with Crippen molar-refractivity contribution in [2.75, 3.05) is 13.2 Å². The first-order chi connectivity index (χ1) is 13.6. The van der Waals surface area contributed by atoms with E-state index in [2.05, 4.69) is 0 Å². The number of hydrogen-bond donors (Lipinski definition) is 8. The van der Waals surface area contributed by atoms with Crippen molar-refractivity contribution in [2.45, 2.75) is 67.5 Å². The molecular weight excluding hydrogens is 404 g/mol. The Morgan fingerprint density at radius 2 is 1.59 bits per heavy atom. The second-order valence-corrected chi connectivity index (χ2v) is 6.58. The largest absolute Gasteiger partial charge is 0.479 e. The molecule has 0 radical (unpaired) electrons. The number of carbonyl (C=O) groups excluding carboxylic acids is 1. The molecule has 0 aliphatic carbocycles. The lowest BCUT2D eigenvalue weighted by Gasteiger charge is -2.45. The molecular formula is C15H24O14. The fourth-order valence-corrected chi connectivity index (χ4v) is 2.89. The monoisotopic (exact) mass is 428 g/mol. The van der Waals surface area contributed by atoms with Crippen LogP contribution in [0, 0.1) is 0 Å². The van der Waals surface area contributed by atoms with E-state index in [0.29, 0.717) is 0 Å². The Balaban J connectivity index is 2.14. The summed E-state index contributed by atoms with van der Waals surface area (Å²) in [4.78, 5) is 21.9. The highest BCUT2D eigenvalue weighted by Gasteiger charge is 2.52. The van der Waals surface area contributed by atoms with Crippen LogP contribution in [0.25, 0.3) is 0 Å². The molecule has 2 saturated heterocycles. The second kappa shape index (κ2) is 10.1. The molecule has 2 aliphatic rings. The third-order valence-corrected chi connectivity index (χ3v) is 4.52. The van der Waals surface area contributed by atoms with Crippen LogP contribution in [0.15, 0.2) is 0 Å². The topological polar surface area (TPSA) is 233 Å². The fraction of sp³-hybridized carbons (Fsp3) is 0.867. The Kier molecular flexibility index (Phi) is 8.38. The van der Waals surface area contributed by atoms with Crippen LogP contribution >= 0.6 is 0 Å². The van der Waals surface area contributed by atoms with Crippen LogP contribution in [-0.2, 0) is 28.5 Å². The fourth-order valence-electron chi connectivity index (χ4n) is 2.89. The summed E-state index contributed by atoms with van der Waals surface area (Å²) in [7, 11) is 0. The Hall–Kier alpha value is -1.30. The molecule has 0 saturated carbocycles. The Morgan fingerprint density at radius 1 is 0.966 bits per heavy atom. The molecule has 0 aromatic heterocycles. The molecule has 2 aliphatic heterocycles. The first-order valence-corrected chi connectivity index (χ1v) is 8.57. The van der Waals surface area contributed by atoms with Crippen LogP contribution in [0.5, 0.6) is 0 Å². The minimum absolute atomic E-state index is 0.130. The SMILES string of the molecule is O=C[C@@H](O)CO[C@H]1O[C@H](C(=O)O)[C@@H](O[C@@H]2O[C@H](CO)[C@@H](O)[C@H](O)[C@H]2O)[C@H](O)[C@H]1O. The lowest BCUT2D eigenvalue weighted by Crippen LogP contribution is -2.65. The summed E-state index contributed by atoms with van der Waals surface area (Å²) in [5.41, 5.74) is 0. The summed E-state index contributed by atoms with van der Waals surface area (Å²) in [6.07, 6.45) is -19.4. The molecule has 0 aromatic carbocycles. The van der Waals surface area contributed by atoms with E-state index in [4.69, 9.17) is 24.1 Å². The average Bonchev–Trinajstić information content (AvgIpc) is 2.70. The first-order valence-electron chi connectivity index (χ1n) is 8.57. The summed E-state index contributed by atoms with van der Waals surface area (Å²) >= 11 is 0. The Labute approximate surface area is 163 Å². The van der Waals surface area contributed by atoms with Crippen molar-refractivity contribution in [1.29, 1.82) is 0 Å². The van der Waals surface area contributed by atoms with E-state index in [-0.39, 0.29) is 6.29 Å². The van der Waals surface area contributed by atoms with Gasteiger partial charge in [-0.15, -0.1) is 0 Å². The number of hydrogen-bond acceptors (Lipinski definition) is 13. The first kappa shape index (κ1) is 24.0. The van der Waals surface area contributed by atoms with Gasteiger partial charge in [0, 0.05) is 0 Å². The number of carboxylic acids is 1. The normalized spacial score (nSPS) is 44.2. The van der Waals surface area contributed by atoms with Gasteiger partial charge in [0.05, 0.1) is 13.2 Å². The van der Waals surface area contributed by atoms with Crippen molar-refractivity contribution in [3.63, 3.8) is 0 Å². The minimum atomic E-state index is -1.96. The standard InChI is InChI=1S/C15H24O14/c16-1-4(18)3-26-14-10(23)8(21)11(12(29-14)13(24)25)28-15-9(22)7(20)6(19)5(2-17)27-15/h1,4-12,14-15,17-23H,2-3H2,(H,24,25)/t4-,5-,6-,7+,8-,9-,10-,11+,12+,14+,15+/m1/s1. The molecule has 0 aromatic rings. The van der Waals surface area contributed by atoms with Crippen LogP contribution in [0.1, 0.15) is 0 Å². The zero-order valence-electron chi connectivity index (χ0n) is 14.9. The van der Waals surface area contributed by atoms with Crippen LogP contribution in [0.3, 0.4) is 0 Å². The van der Waals surface area contributed by atoms with Gasteiger partial charge in [0.15, 0.2) is 25.0 Å². The van der Waals surface area contributed by atoms with E-state index >= 15 is 0 Å². The molecule has 168 valence electrons. The molecule has 0 spiro atoms. The Bertz CT molecular complexity index is 557. The number of aldehydes is 1. The van der Waals surface area contributed by atoms with Gasteiger partial charge in [-0.2, -0.15) is 0 Å². The quantitative estimate of drug-likeness (QED) is 0.168. The molecule has 14 heteroatoms. The summed E-state index contributed by atoms with van der Waals surface area (Å²) in [6, 6.07) is 0. The highest BCUT2D eigenvalue weighted by Crippen LogP contribution is 2.29. The van der Waals surface area contributed by atoms with E-state index in [1.54, 1.807) is 0 Å². The van der Waals surface area contributed by atoms with Crippen molar-refractivity contribution in [3.05, 3.63) is 0 Å². The molecule has 8 N–H and O–H groups in total. The highest BCUT2D eigenvalue weighted by atomic mass is 16.7. The van der Waals surface area contributed by atoms with Gasteiger partial charge in [-0.25, -0.2) is 4.79 Å². The summed E-state index contributed by atoms with van der Waals surface area (Å²) < 4.78 is 20.2. The Morgan fingerprint density at radius 3 is 2.14 bits per heavy atom. The average molecular weight is 428 g/mol. The molecule has 2 fully saturated rings. The van der Waals surface area contributed by atoms with Crippen LogP contribution in [0.4, 0.5) is 0 Å². The minimum Gasteiger partial charge on any atom is -0.479 e. The summed E-state index contributed by atoms with van der Waals surface area (Å²) in [5.74, 6) is -1.66. The van der Waals surface area contributed by atoms with Gasteiger partial charge in [-0.3, -0.25) is 0 Å². The van der Waals surface area contributed by atoms with Gasteiger partial charge in [-0.05, 0) is 0 Å². The van der Waals surface area contributed by atoms with Gasteiger partial charge in [0.25, 0.3) is 0 Å². The molecule has 2 heterocycles. The van der Waals surface area contributed by atoms with E-state index in [1.165, 1.54) is 0 Å². The summed E-state index contributed by atoms with van der Waals surface area (Å²) in [6.45, 7) is -1.42. The van der Waals surface area contributed by atoms with Gasteiger partial charge in [0.2, 0.25) is 0 Å². The van der Waals surface area contributed by atoms with Crippen LogP contribution in [-0.4, -0.2) is 134 Å². The zero-order valence-corrected chi connectivity index (χ0v) is 14.9. The van der Waals surface area contributed by atoms with E-state index in [1.807, 2.05) is 0 Å². The number of aliphatic hydroxyl groups excluding tert-OH is 7. The second-order valence-electron chi connectivity index (χ2n) is 6.58. The molecule has 0 bridgehead atoms. The predicted octanol–water partition coefficient (Wildman–Crippen LogP) is -5.72. The molecule has 29 heavy (non-hydrogen) atoms.